The number of carbonyl (C=O) groups is 1. The van der Waals surface area contributed by atoms with Crippen LogP contribution in [0.25, 0.3) is 0 Å². The Hall–Kier alpha value is -0.750. The van der Waals surface area contributed by atoms with Crippen molar-refractivity contribution in [2.45, 2.75) is 6.43 Å². The Kier molecular flexibility index (Phi) is 4.75. The molecule has 0 atom stereocenters. The summed E-state index contributed by atoms with van der Waals surface area (Å²) < 4.78 is 23.5. The molecule has 1 amide bonds. The first-order valence-electron chi connectivity index (χ1n) is 4.69. The number of alkyl halides is 2. The lowest BCUT2D eigenvalue weighted by atomic mass is 10.3. The van der Waals surface area contributed by atoms with Crippen molar-refractivity contribution in [2.75, 3.05) is 39.3 Å². The van der Waals surface area contributed by atoms with Crippen molar-refractivity contribution in [2.24, 2.45) is 0 Å². The van der Waals surface area contributed by atoms with Gasteiger partial charge in [0, 0.05) is 39.3 Å². The molecule has 0 unspecified atom stereocenters. The molecule has 1 heterocycles. The molecule has 0 aromatic rings. The summed E-state index contributed by atoms with van der Waals surface area (Å²) >= 11 is 0. The largest absolute Gasteiger partial charge is 0.350 e. The van der Waals surface area contributed by atoms with E-state index in [1.165, 1.54) is 0 Å². The minimum atomic E-state index is -2.90. The fraction of sp³-hybridized carbons (Fsp3) is 0.875. The Balaban J connectivity index is 2.05. The van der Waals surface area contributed by atoms with Gasteiger partial charge in [-0.25, -0.2) is 0 Å². The van der Waals surface area contributed by atoms with Gasteiger partial charge < -0.3 is 10.6 Å². The molecule has 2 N–H and O–H groups in total. The highest BCUT2D eigenvalue weighted by atomic mass is 19.3. The van der Waals surface area contributed by atoms with Crippen LogP contribution in [0.1, 0.15) is 0 Å². The molecule has 1 saturated heterocycles. The average molecular weight is 207 g/mol. The summed E-state index contributed by atoms with van der Waals surface area (Å²) in [5.41, 5.74) is 0. The summed E-state index contributed by atoms with van der Waals surface area (Å²) in [6.45, 7) is 4.59. The van der Waals surface area contributed by atoms with E-state index >= 15 is 0 Å². The first-order chi connectivity index (χ1) is 6.70. The van der Waals surface area contributed by atoms with Gasteiger partial charge in [-0.1, -0.05) is 0 Å². The third-order valence-electron chi connectivity index (χ3n) is 2.14. The second kappa shape index (κ2) is 5.87. The van der Waals surface area contributed by atoms with E-state index in [1.807, 2.05) is 0 Å². The summed E-state index contributed by atoms with van der Waals surface area (Å²) in [4.78, 5) is 12.6. The van der Waals surface area contributed by atoms with Crippen molar-refractivity contribution in [3.05, 3.63) is 0 Å². The molecule has 0 saturated carbocycles. The van der Waals surface area contributed by atoms with Crippen LogP contribution < -0.4 is 10.6 Å². The number of hydrogen-bond donors (Lipinski definition) is 2. The summed E-state index contributed by atoms with van der Waals surface area (Å²) in [5.74, 6) is -1.18. The lowest BCUT2D eigenvalue weighted by molar-refractivity contribution is -0.131. The van der Waals surface area contributed by atoms with E-state index in [0.29, 0.717) is 13.1 Å². The van der Waals surface area contributed by atoms with Gasteiger partial charge in [0.25, 0.3) is 5.91 Å². The highest BCUT2D eigenvalue weighted by Gasteiger charge is 2.15. The second-order valence-corrected chi connectivity index (χ2v) is 3.18. The van der Waals surface area contributed by atoms with Crippen LogP contribution in [-0.4, -0.2) is 56.5 Å². The van der Waals surface area contributed by atoms with Crippen molar-refractivity contribution in [3.8, 4) is 0 Å². The topological polar surface area (TPSA) is 44.4 Å². The van der Waals surface area contributed by atoms with E-state index in [0.717, 1.165) is 26.2 Å². The van der Waals surface area contributed by atoms with E-state index in [1.54, 1.807) is 0 Å². The third kappa shape index (κ3) is 3.97. The molecule has 1 aliphatic rings. The van der Waals surface area contributed by atoms with Crippen LogP contribution in [0, 0.1) is 0 Å². The number of rotatable bonds is 4. The number of amides is 1. The third-order valence-corrected chi connectivity index (χ3v) is 2.14. The minimum Gasteiger partial charge on any atom is -0.350 e. The van der Waals surface area contributed by atoms with Crippen molar-refractivity contribution in [1.29, 1.82) is 0 Å². The van der Waals surface area contributed by atoms with Crippen molar-refractivity contribution in [1.82, 2.24) is 15.5 Å². The van der Waals surface area contributed by atoms with Gasteiger partial charge in [0.1, 0.15) is 0 Å². The maximum absolute atomic E-state index is 11.8. The van der Waals surface area contributed by atoms with Gasteiger partial charge in [0.2, 0.25) is 0 Å². The zero-order chi connectivity index (χ0) is 10.4. The maximum atomic E-state index is 11.8. The van der Waals surface area contributed by atoms with Crippen LogP contribution in [0.5, 0.6) is 0 Å². The van der Waals surface area contributed by atoms with Gasteiger partial charge in [-0.05, 0) is 0 Å². The Labute approximate surface area is 81.6 Å². The molecular formula is C8H15F2N3O. The number of nitrogens with one attached hydrogen (secondary N) is 2. The standard InChI is InChI=1S/C8H15F2N3O/c9-7(10)8(14)12-3-6-13-4-1-11-2-5-13/h7,11H,1-6H2,(H,12,14). The molecule has 6 heteroatoms. The van der Waals surface area contributed by atoms with Crippen LogP contribution in [0.15, 0.2) is 0 Å². The smallest absolute Gasteiger partial charge is 0.315 e. The summed E-state index contributed by atoms with van der Waals surface area (Å²) in [6.07, 6.45) is -2.90. The summed E-state index contributed by atoms with van der Waals surface area (Å²) in [7, 11) is 0. The fourth-order valence-corrected chi connectivity index (χ4v) is 1.35. The fourth-order valence-electron chi connectivity index (χ4n) is 1.35. The lowest BCUT2D eigenvalue weighted by Gasteiger charge is -2.26. The quantitative estimate of drug-likeness (QED) is 0.639. The highest BCUT2D eigenvalue weighted by molar-refractivity contribution is 5.78. The molecule has 0 bridgehead atoms. The van der Waals surface area contributed by atoms with Crippen molar-refractivity contribution in [3.63, 3.8) is 0 Å². The highest BCUT2D eigenvalue weighted by Crippen LogP contribution is 1.92. The SMILES string of the molecule is O=C(NCCN1CCNCC1)C(F)F. The Morgan fingerprint density at radius 3 is 2.64 bits per heavy atom. The summed E-state index contributed by atoms with van der Waals surface area (Å²) in [6, 6.07) is 0. The van der Waals surface area contributed by atoms with Crippen molar-refractivity contribution < 1.29 is 13.6 Å². The predicted octanol–water partition coefficient (Wildman–Crippen LogP) is -0.727. The number of nitrogens with zero attached hydrogens (tertiary/aromatic N) is 1. The van der Waals surface area contributed by atoms with Crippen LogP contribution in [0.2, 0.25) is 0 Å². The molecule has 0 aromatic carbocycles. The van der Waals surface area contributed by atoms with Crippen LogP contribution in [0.4, 0.5) is 8.78 Å². The Bertz CT molecular complexity index is 183. The number of carbonyl (C=O) groups excluding carboxylic acids is 1. The molecule has 1 rings (SSSR count). The zero-order valence-corrected chi connectivity index (χ0v) is 7.93. The molecule has 0 radical (unpaired) electrons. The van der Waals surface area contributed by atoms with Crippen molar-refractivity contribution >= 4 is 5.91 Å². The molecule has 4 nitrogen and oxygen atoms in total. The van der Waals surface area contributed by atoms with E-state index in [2.05, 4.69) is 15.5 Å². The average Bonchev–Trinajstić information content (AvgIpc) is 2.19. The van der Waals surface area contributed by atoms with Gasteiger partial charge in [-0.3, -0.25) is 9.69 Å². The molecule has 0 aromatic heterocycles. The molecule has 0 aliphatic carbocycles. The van der Waals surface area contributed by atoms with E-state index in [4.69, 9.17) is 0 Å². The molecular weight excluding hydrogens is 192 g/mol. The molecule has 1 fully saturated rings. The maximum Gasteiger partial charge on any atom is 0.315 e. The minimum absolute atomic E-state index is 0.295. The first-order valence-corrected chi connectivity index (χ1v) is 4.69. The van der Waals surface area contributed by atoms with E-state index < -0.39 is 12.3 Å². The Morgan fingerprint density at radius 1 is 1.43 bits per heavy atom. The van der Waals surface area contributed by atoms with Crippen LogP contribution >= 0.6 is 0 Å². The van der Waals surface area contributed by atoms with Gasteiger partial charge in [-0.2, -0.15) is 8.78 Å². The monoisotopic (exact) mass is 207 g/mol. The van der Waals surface area contributed by atoms with Crippen LogP contribution in [-0.2, 0) is 4.79 Å². The molecule has 0 spiro atoms. The van der Waals surface area contributed by atoms with Gasteiger partial charge in [0.05, 0.1) is 0 Å². The number of hydrogen-bond acceptors (Lipinski definition) is 3. The van der Waals surface area contributed by atoms with Gasteiger partial charge in [0.15, 0.2) is 0 Å². The van der Waals surface area contributed by atoms with Crippen LogP contribution in [0.3, 0.4) is 0 Å². The van der Waals surface area contributed by atoms with E-state index in [-0.39, 0.29) is 0 Å². The zero-order valence-electron chi connectivity index (χ0n) is 7.93. The number of piperazine rings is 1. The lowest BCUT2D eigenvalue weighted by Crippen LogP contribution is -2.46. The normalized spacial score (nSPS) is 18.5. The Morgan fingerprint density at radius 2 is 2.07 bits per heavy atom. The predicted molar refractivity (Wildman–Crippen MR) is 48.3 cm³/mol. The molecule has 82 valence electrons. The van der Waals surface area contributed by atoms with Gasteiger partial charge in [-0.15, -0.1) is 0 Å². The summed E-state index contributed by atoms with van der Waals surface area (Å²) in [5, 5.41) is 5.36. The van der Waals surface area contributed by atoms with E-state index in [9.17, 15) is 13.6 Å². The number of halogens is 2. The second-order valence-electron chi connectivity index (χ2n) is 3.18. The molecule has 1 aliphatic heterocycles. The molecule has 14 heavy (non-hydrogen) atoms. The van der Waals surface area contributed by atoms with Gasteiger partial charge >= 0.3 is 6.43 Å². The first kappa shape index (κ1) is 11.3.